The van der Waals surface area contributed by atoms with Crippen LogP contribution < -0.4 is 10.3 Å². The van der Waals surface area contributed by atoms with Gasteiger partial charge in [-0.1, -0.05) is 32.4 Å². The van der Waals surface area contributed by atoms with Crippen LogP contribution in [0.1, 0.15) is 32.4 Å². The minimum Gasteiger partial charge on any atom is -0.495 e. The lowest BCUT2D eigenvalue weighted by atomic mass is 9.86. The number of ether oxygens (including phenoxy) is 1. The number of hydrogen-bond donors (Lipinski definition) is 1. The van der Waals surface area contributed by atoms with Gasteiger partial charge in [-0.05, 0) is 29.2 Å². The van der Waals surface area contributed by atoms with E-state index in [0.717, 1.165) is 35.0 Å². The third kappa shape index (κ3) is 4.32. The quantitative estimate of drug-likeness (QED) is 0.770. The lowest BCUT2D eigenvalue weighted by Crippen LogP contribution is -2.37. The number of aliphatic carboxylic acids is 1. The summed E-state index contributed by atoms with van der Waals surface area (Å²) >= 11 is 5.87. The van der Waals surface area contributed by atoms with Crippen molar-refractivity contribution in [3.05, 3.63) is 51.4 Å². The molecular formula is C19H19ClF3NO4. The Morgan fingerprint density at radius 1 is 1.18 bits per heavy atom. The number of carboxylic acids is 1. The number of pyridine rings is 1. The molecule has 0 bridgehead atoms. The molecule has 1 aromatic heterocycles. The van der Waals surface area contributed by atoms with Crippen molar-refractivity contribution in [2.24, 2.45) is 5.41 Å². The second-order valence-electron chi connectivity index (χ2n) is 7.30. The molecule has 9 heteroatoms. The number of carboxylic acid groups (broad SMARTS) is 1. The maximum Gasteiger partial charge on any atom is 0.417 e. The Morgan fingerprint density at radius 3 is 2.25 bits per heavy atom. The number of methoxy groups -OCH3 is 1. The number of alkyl halides is 3. The summed E-state index contributed by atoms with van der Waals surface area (Å²) in [5.41, 5.74) is -3.06. The highest BCUT2D eigenvalue weighted by Crippen LogP contribution is 2.41. The Kier molecular flexibility index (Phi) is 5.85. The maximum atomic E-state index is 13.4. The van der Waals surface area contributed by atoms with E-state index in [2.05, 4.69) is 0 Å². The summed E-state index contributed by atoms with van der Waals surface area (Å²) in [4.78, 5) is 24.4. The normalized spacial score (nSPS) is 13.3. The van der Waals surface area contributed by atoms with Crippen LogP contribution in [0.25, 0.3) is 11.1 Å². The number of nitrogens with zero attached hydrogens (tertiary/aromatic N) is 1. The average molecular weight is 418 g/mol. The van der Waals surface area contributed by atoms with E-state index >= 15 is 0 Å². The summed E-state index contributed by atoms with van der Waals surface area (Å²) in [7, 11) is 1.22. The highest BCUT2D eigenvalue weighted by atomic mass is 35.5. The Labute approximate surface area is 164 Å². The van der Waals surface area contributed by atoms with E-state index < -0.39 is 34.7 Å². The van der Waals surface area contributed by atoms with Crippen LogP contribution in [0.3, 0.4) is 0 Å². The van der Waals surface area contributed by atoms with Crippen molar-refractivity contribution < 1.29 is 27.8 Å². The van der Waals surface area contributed by atoms with Gasteiger partial charge in [0.2, 0.25) is 0 Å². The van der Waals surface area contributed by atoms with Gasteiger partial charge in [0.25, 0.3) is 5.56 Å². The van der Waals surface area contributed by atoms with E-state index in [1.54, 1.807) is 20.8 Å². The number of carbonyl (C=O) groups is 1. The molecule has 1 N–H and O–H groups in total. The first-order valence-electron chi connectivity index (χ1n) is 8.17. The summed E-state index contributed by atoms with van der Waals surface area (Å²) < 4.78 is 46.4. The van der Waals surface area contributed by atoms with Crippen molar-refractivity contribution >= 4 is 17.6 Å². The molecule has 0 amide bonds. The fraction of sp³-hybridized carbons (Fsp3) is 0.368. The van der Waals surface area contributed by atoms with Crippen molar-refractivity contribution in [2.45, 2.75) is 33.0 Å². The van der Waals surface area contributed by atoms with Crippen LogP contribution in [0.4, 0.5) is 13.2 Å². The minimum absolute atomic E-state index is 0.0485. The van der Waals surface area contributed by atoms with E-state index in [4.69, 9.17) is 16.3 Å². The first kappa shape index (κ1) is 21.8. The van der Waals surface area contributed by atoms with E-state index in [1.807, 2.05) is 0 Å². The van der Waals surface area contributed by atoms with Crippen LogP contribution in [-0.4, -0.2) is 22.8 Å². The fourth-order valence-corrected chi connectivity index (χ4v) is 3.17. The zero-order valence-corrected chi connectivity index (χ0v) is 16.4. The molecule has 1 aromatic carbocycles. The van der Waals surface area contributed by atoms with Gasteiger partial charge >= 0.3 is 12.1 Å². The van der Waals surface area contributed by atoms with Gasteiger partial charge in [-0.15, -0.1) is 0 Å². The highest BCUT2D eigenvalue weighted by molar-refractivity contribution is 6.30. The first-order chi connectivity index (χ1) is 12.8. The van der Waals surface area contributed by atoms with Crippen LogP contribution in [0.2, 0.25) is 5.02 Å². The summed E-state index contributed by atoms with van der Waals surface area (Å²) in [5, 5.41) is 9.61. The molecule has 5 nitrogen and oxygen atoms in total. The summed E-state index contributed by atoms with van der Waals surface area (Å²) in [5.74, 6) is -1.33. The molecule has 1 heterocycles. The van der Waals surface area contributed by atoms with Crippen molar-refractivity contribution in [2.75, 3.05) is 7.11 Å². The highest BCUT2D eigenvalue weighted by Gasteiger charge is 2.36. The van der Waals surface area contributed by atoms with Crippen LogP contribution in [0.5, 0.6) is 5.75 Å². The van der Waals surface area contributed by atoms with E-state index in [1.165, 1.54) is 7.11 Å². The summed E-state index contributed by atoms with van der Waals surface area (Å²) in [6.45, 7) is 4.91. The number of rotatable bonds is 4. The number of benzene rings is 1. The maximum absolute atomic E-state index is 13.4. The van der Waals surface area contributed by atoms with Crippen molar-refractivity contribution in [3.63, 3.8) is 0 Å². The molecule has 152 valence electrons. The number of aromatic nitrogens is 1. The van der Waals surface area contributed by atoms with Gasteiger partial charge in [0.15, 0.2) is 0 Å². The fourth-order valence-electron chi connectivity index (χ4n) is 3.00. The number of hydrogen-bond acceptors (Lipinski definition) is 3. The molecule has 0 aliphatic carbocycles. The zero-order valence-electron chi connectivity index (χ0n) is 15.6. The van der Waals surface area contributed by atoms with E-state index in [0.29, 0.717) is 0 Å². The number of halogens is 4. The Morgan fingerprint density at radius 2 is 1.79 bits per heavy atom. The van der Waals surface area contributed by atoms with E-state index in [9.17, 15) is 27.9 Å². The summed E-state index contributed by atoms with van der Waals surface area (Å²) in [6.07, 6.45) is -3.57. The molecule has 0 fully saturated rings. The molecular weight excluding hydrogens is 399 g/mol. The Hall–Kier alpha value is -2.48. The third-order valence-electron chi connectivity index (χ3n) is 4.17. The molecule has 0 aliphatic heterocycles. The SMILES string of the molecule is COc1cn(C(C(=O)O)C(C)(C)C)c(=O)cc1-c1cc(Cl)ccc1C(F)(F)F. The average Bonchev–Trinajstić information content (AvgIpc) is 2.53. The van der Waals surface area contributed by atoms with Crippen molar-refractivity contribution in [3.8, 4) is 16.9 Å². The Balaban J connectivity index is 2.81. The standard InChI is InChI=1S/C19H19ClF3NO4/c1-18(2,3)16(17(26)27)24-9-14(28-4)12(8-15(24)25)11-7-10(20)5-6-13(11)19(21,22)23/h5-9,16H,1-4H3,(H,26,27). The molecule has 0 aliphatic rings. The monoisotopic (exact) mass is 417 g/mol. The van der Waals surface area contributed by atoms with Crippen LogP contribution >= 0.6 is 11.6 Å². The van der Waals surface area contributed by atoms with Gasteiger partial charge in [-0.3, -0.25) is 9.36 Å². The van der Waals surface area contributed by atoms with Gasteiger partial charge in [-0.2, -0.15) is 13.2 Å². The molecule has 0 saturated carbocycles. The van der Waals surface area contributed by atoms with Gasteiger partial charge < -0.3 is 9.84 Å². The molecule has 1 atom stereocenters. The van der Waals surface area contributed by atoms with Gasteiger partial charge in [-0.25, -0.2) is 4.79 Å². The molecule has 0 radical (unpaired) electrons. The second-order valence-corrected chi connectivity index (χ2v) is 7.73. The van der Waals surface area contributed by atoms with Crippen LogP contribution in [0, 0.1) is 5.41 Å². The van der Waals surface area contributed by atoms with Gasteiger partial charge in [0, 0.05) is 16.7 Å². The molecule has 0 spiro atoms. The second kappa shape index (κ2) is 7.50. The van der Waals surface area contributed by atoms with Gasteiger partial charge in [0.05, 0.1) is 18.9 Å². The summed E-state index contributed by atoms with van der Waals surface area (Å²) in [6, 6.07) is 2.69. The first-order valence-corrected chi connectivity index (χ1v) is 8.55. The van der Waals surface area contributed by atoms with Gasteiger partial charge in [0.1, 0.15) is 11.8 Å². The Bertz CT molecular complexity index is 961. The molecule has 2 aromatic rings. The zero-order chi connectivity index (χ0) is 21.4. The van der Waals surface area contributed by atoms with Crippen molar-refractivity contribution in [1.82, 2.24) is 4.57 Å². The predicted molar refractivity (Wildman–Crippen MR) is 98.8 cm³/mol. The largest absolute Gasteiger partial charge is 0.495 e. The lowest BCUT2D eigenvalue weighted by molar-refractivity contribution is -0.144. The topological polar surface area (TPSA) is 68.5 Å². The van der Waals surface area contributed by atoms with E-state index in [-0.39, 0.29) is 21.9 Å². The molecule has 0 saturated heterocycles. The molecule has 1 unspecified atom stereocenters. The van der Waals surface area contributed by atoms with Crippen LogP contribution in [-0.2, 0) is 11.0 Å². The minimum atomic E-state index is -4.69. The lowest BCUT2D eigenvalue weighted by Gasteiger charge is -2.29. The predicted octanol–water partition coefficient (Wildman–Crippen LogP) is 4.87. The van der Waals surface area contributed by atoms with Crippen LogP contribution in [0.15, 0.2) is 35.3 Å². The van der Waals surface area contributed by atoms with Crippen molar-refractivity contribution in [1.29, 1.82) is 0 Å². The molecule has 2 rings (SSSR count). The molecule has 28 heavy (non-hydrogen) atoms. The smallest absolute Gasteiger partial charge is 0.417 e. The third-order valence-corrected chi connectivity index (χ3v) is 4.41.